The van der Waals surface area contributed by atoms with Crippen molar-refractivity contribution in [3.05, 3.63) is 46.1 Å². The Morgan fingerprint density at radius 1 is 1.36 bits per heavy atom. The van der Waals surface area contributed by atoms with Crippen LogP contribution in [-0.2, 0) is 15.1 Å². The molecule has 1 heterocycles. The number of nitrogens with one attached hydrogen (secondary N) is 1. The molecular weight excluding hydrogens is 412 g/mol. The Balaban J connectivity index is 0.00000312. The number of nitrogens with two attached hydrogens (primary N) is 1. The summed E-state index contributed by atoms with van der Waals surface area (Å²) < 4.78 is 5.76. The van der Waals surface area contributed by atoms with Gasteiger partial charge in [0.1, 0.15) is 11.3 Å². The van der Waals surface area contributed by atoms with Gasteiger partial charge < -0.3 is 20.5 Å². The Morgan fingerprint density at radius 2 is 1.96 bits per heavy atom. The second kappa shape index (κ2) is 8.46. The Kier molecular flexibility index (Phi) is 7.16. The molecule has 25 heavy (non-hydrogen) atoms. The number of nitrogens with zero attached hydrogens (tertiary/aromatic N) is 2. The number of amides is 2. The summed E-state index contributed by atoms with van der Waals surface area (Å²) in [6.07, 6.45) is 0. The smallest absolute Gasteiger partial charge is 0.247 e. The predicted octanol–water partition coefficient (Wildman–Crippen LogP) is 2.44. The van der Waals surface area contributed by atoms with E-state index < -0.39 is 5.54 Å². The van der Waals surface area contributed by atoms with Crippen molar-refractivity contribution in [2.45, 2.75) is 19.4 Å². The van der Waals surface area contributed by atoms with Crippen LogP contribution in [-0.4, -0.2) is 35.5 Å². The van der Waals surface area contributed by atoms with Crippen molar-refractivity contribution in [1.82, 2.24) is 10.1 Å². The van der Waals surface area contributed by atoms with Crippen molar-refractivity contribution in [3.8, 4) is 0 Å². The quantitative estimate of drug-likeness (QED) is 0.757. The van der Waals surface area contributed by atoms with Gasteiger partial charge in [-0.15, -0.1) is 12.4 Å². The Hall–Kier alpha value is -1.90. The van der Waals surface area contributed by atoms with E-state index >= 15 is 0 Å². The van der Waals surface area contributed by atoms with Gasteiger partial charge in [-0.2, -0.15) is 0 Å². The molecule has 1 aromatic heterocycles. The molecule has 2 amide bonds. The first kappa shape index (κ1) is 21.1. The van der Waals surface area contributed by atoms with Crippen molar-refractivity contribution in [2.24, 2.45) is 5.73 Å². The highest BCUT2D eigenvalue weighted by Gasteiger charge is 2.33. The molecule has 0 bridgehead atoms. The summed E-state index contributed by atoms with van der Waals surface area (Å²) in [5, 5.41) is 6.24. The average molecular weight is 432 g/mol. The summed E-state index contributed by atoms with van der Waals surface area (Å²) in [4.78, 5) is 25.9. The van der Waals surface area contributed by atoms with E-state index in [2.05, 4.69) is 26.4 Å². The maximum Gasteiger partial charge on any atom is 0.247 e. The van der Waals surface area contributed by atoms with Crippen molar-refractivity contribution >= 4 is 46.0 Å². The van der Waals surface area contributed by atoms with Gasteiger partial charge >= 0.3 is 0 Å². The maximum absolute atomic E-state index is 12.6. The highest BCUT2D eigenvalue weighted by atomic mass is 79.9. The van der Waals surface area contributed by atoms with Crippen LogP contribution in [0, 0.1) is 6.92 Å². The molecule has 7 nitrogen and oxygen atoms in total. The fraction of sp³-hybridized carbons (Fsp3) is 0.312. The first-order valence-corrected chi connectivity index (χ1v) is 8.03. The normalized spacial score (nSPS) is 12.7. The van der Waals surface area contributed by atoms with Crippen LogP contribution in [0.3, 0.4) is 0 Å². The molecule has 2 aromatic rings. The number of benzene rings is 1. The first-order chi connectivity index (χ1) is 11.2. The number of aromatic nitrogens is 1. The van der Waals surface area contributed by atoms with Crippen LogP contribution in [0.4, 0.5) is 5.82 Å². The molecule has 1 atom stereocenters. The minimum atomic E-state index is -1.24. The molecule has 1 aromatic carbocycles. The topological polar surface area (TPSA) is 101 Å². The van der Waals surface area contributed by atoms with Gasteiger partial charge in [-0.25, -0.2) is 0 Å². The van der Waals surface area contributed by atoms with Gasteiger partial charge in [0.05, 0.1) is 6.54 Å². The molecule has 2 rings (SSSR count). The van der Waals surface area contributed by atoms with Gasteiger partial charge in [0, 0.05) is 17.6 Å². The van der Waals surface area contributed by atoms with Crippen molar-refractivity contribution in [3.63, 3.8) is 0 Å². The predicted molar refractivity (Wildman–Crippen MR) is 100 cm³/mol. The third-order valence-electron chi connectivity index (χ3n) is 3.51. The number of hydrogen-bond acceptors (Lipinski definition) is 5. The summed E-state index contributed by atoms with van der Waals surface area (Å²) in [5.74, 6) is 0.142. The summed E-state index contributed by atoms with van der Waals surface area (Å²) in [7, 11) is 1.53. The summed E-state index contributed by atoms with van der Waals surface area (Å²) in [5.41, 5.74) is 5.62. The number of halogens is 2. The fourth-order valence-corrected chi connectivity index (χ4v) is 2.48. The molecule has 1 unspecified atom stereocenters. The van der Waals surface area contributed by atoms with Gasteiger partial charge in [0.15, 0.2) is 5.82 Å². The number of carbonyl (C=O) groups is 2. The lowest BCUT2D eigenvalue weighted by atomic mass is 9.92. The zero-order valence-electron chi connectivity index (χ0n) is 14.1. The zero-order valence-corrected chi connectivity index (χ0v) is 16.5. The number of aryl methyl sites for hydroxylation is 1. The average Bonchev–Trinajstić information content (AvgIpc) is 2.91. The molecule has 0 aliphatic heterocycles. The van der Waals surface area contributed by atoms with E-state index in [0.717, 1.165) is 4.47 Å². The van der Waals surface area contributed by atoms with E-state index in [1.807, 2.05) is 12.1 Å². The molecule has 0 radical (unpaired) electrons. The molecule has 0 aliphatic carbocycles. The SMILES string of the molecule is Cc1cc(NC(=O)CN(C)C(=O)C(C)(N)c2ccc(Br)cc2)no1.Cl. The Morgan fingerprint density at radius 3 is 2.48 bits per heavy atom. The lowest BCUT2D eigenvalue weighted by molar-refractivity contribution is -0.138. The van der Waals surface area contributed by atoms with E-state index in [0.29, 0.717) is 17.1 Å². The van der Waals surface area contributed by atoms with Gasteiger partial charge in [0.2, 0.25) is 11.8 Å². The van der Waals surface area contributed by atoms with Crippen LogP contribution < -0.4 is 11.1 Å². The minimum absolute atomic E-state index is 0. The summed E-state index contributed by atoms with van der Waals surface area (Å²) in [6.45, 7) is 3.19. The number of anilines is 1. The molecule has 0 saturated heterocycles. The largest absolute Gasteiger partial charge is 0.360 e. The second-order valence-corrected chi connectivity index (χ2v) is 6.66. The number of hydrogen-bond donors (Lipinski definition) is 2. The molecule has 0 aliphatic rings. The summed E-state index contributed by atoms with van der Waals surface area (Å²) in [6, 6.07) is 8.76. The third kappa shape index (κ3) is 5.29. The Labute approximate surface area is 160 Å². The van der Waals surface area contributed by atoms with E-state index in [1.165, 1.54) is 11.9 Å². The van der Waals surface area contributed by atoms with Gasteiger partial charge in [-0.1, -0.05) is 33.2 Å². The lowest BCUT2D eigenvalue weighted by Crippen LogP contribution is -2.51. The molecule has 0 saturated carbocycles. The van der Waals surface area contributed by atoms with Gasteiger partial charge in [-0.3, -0.25) is 9.59 Å². The molecule has 0 fully saturated rings. The van der Waals surface area contributed by atoms with Crippen LogP contribution in [0.15, 0.2) is 39.3 Å². The van der Waals surface area contributed by atoms with E-state index in [9.17, 15) is 9.59 Å². The van der Waals surface area contributed by atoms with Crippen LogP contribution in [0.5, 0.6) is 0 Å². The Bertz CT molecular complexity index is 746. The van der Waals surface area contributed by atoms with Crippen LogP contribution in [0.1, 0.15) is 18.2 Å². The monoisotopic (exact) mass is 430 g/mol. The number of carbonyl (C=O) groups excluding carboxylic acids is 2. The van der Waals surface area contributed by atoms with Crippen molar-refractivity contribution < 1.29 is 14.1 Å². The zero-order chi connectivity index (χ0) is 17.9. The highest BCUT2D eigenvalue weighted by molar-refractivity contribution is 9.10. The van der Waals surface area contributed by atoms with E-state index in [1.54, 1.807) is 32.0 Å². The highest BCUT2D eigenvalue weighted by Crippen LogP contribution is 2.22. The van der Waals surface area contributed by atoms with E-state index in [-0.39, 0.29) is 30.8 Å². The molecular formula is C16H20BrClN4O3. The number of rotatable bonds is 5. The maximum atomic E-state index is 12.6. The lowest BCUT2D eigenvalue weighted by Gasteiger charge is -2.29. The van der Waals surface area contributed by atoms with Crippen molar-refractivity contribution in [2.75, 3.05) is 18.9 Å². The third-order valence-corrected chi connectivity index (χ3v) is 4.04. The van der Waals surface area contributed by atoms with Gasteiger partial charge in [0.25, 0.3) is 0 Å². The van der Waals surface area contributed by atoms with E-state index in [4.69, 9.17) is 10.3 Å². The molecule has 0 spiro atoms. The van der Waals surface area contributed by atoms with Crippen LogP contribution >= 0.6 is 28.3 Å². The number of likely N-dealkylation sites (N-methyl/N-ethyl adjacent to an activating group) is 1. The summed E-state index contributed by atoms with van der Waals surface area (Å²) >= 11 is 3.34. The standard InChI is InChI=1S/C16H19BrN4O3.ClH/c1-10-8-13(20-24-10)19-14(22)9-21(3)15(23)16(2,18)11-4-6-12(17)7-5-11;/h4-8H,9,18H2,1-3H3,(H,19,20,22);1H. The van der Waals surface area contributed by atoms with Crippen LogP contribution in [0.25, 0.3) is 0 Å². The molecule has 9 heteroatoms. The molecule has 3 N–H and O–H groups in total. The van der Waals surface area contributed by atoms with Crippen molar-refractivity contribution in [1.29, 1.82) is 0 Å². The first-order valence-electron chi connectivity index (χ1n) is 7.24. The second-order valence-electron chi connectivity index (χ2n) is 5.74. The molecule has 136 valence electrons. The van der Waals surface area contributed by atoms with Gasteiger partial charge in [-0.05, 0) is 31.5 Å². The van der Waals surface area contributed by atoms with Crippen LogP contribution in [0.2, 0.25) is 0 Å². The minimum Gasteiger partial charge on any atom is -0.360 e. The fourth-order valence-electron chi connectivity index (χ4n) is 2.21.